The molecule has 0 aliphatic heterocycles. The second-order valence-electron chi connectivity index (χ2n) is 4.95. The minimum Gasteiger partial charge on any atom is -0.201 e. The second kappa shape index (κ2) is 5.81. The van der Waals surface area contributed by atoms with Gasteiger partial charge in [0.25, 0.3) is 0 Å². The highest BCUT2D eigenvalue weighted by Crippen LogP contribution is 2.22. The van der Waals surface area contributed by atoms with Crippen molar-refractivity contribution in [3.05, 3.63) is 53.7 Å². The van der Waals surface area contributed by atoms with Gasteiger partial charge in [-0.05, 0) is 43.0 Å². The molecule has 1 heterocycles. The summed E-state index contributed by atoms with van der Waals surface area (Å²) in [6.45, 7) is 4.43. The van der Waals surface area contributed by atoms with Crippen LogP contribution < -0.4 is 4.57 Å². The van der Waals surface area contributed by atoms with E-state index in [1.165, 1.54) is 41.6 Å². The lowest BCUT2D eigenvalue weighted by Crippen LogP contribution is -2.30. The smallest absolute Gasteiger partial charge is 0.201 e. The van der Waals surface area contributed by atoms with Crippen molar-refractivity contribution in [2.24, 2.45) is 7.05 Å². The number of aromatic nitrogens is 1. The van der Waals surface area contributed by atoms with Crippen LogP contribution in [0, 0.1) is 6.92 Å². The molecule has 1 nitrogen and oxygen atoms in total. The van der Waals surface area contributed by atoms with Gasteiger partial charge in [0, 0.05) is 17.7 Å². The van der Waals surface area contributed by atoms with Crippen molar-refractivity contribution in [3.63, 3.8) is 0 Å². The Balaban J connectivity index is 2.40. The third kappa shape index (κ3) is 2.79. The molecule has 0 atom stereocenters. The lowest BCUT2D eigenvalue weighted by molar-refractivity contribution is -0.660. The number of nitrogens with zero attached hydrogens (tertiary/aromatic N) is 1. The molecule has 0 saturated heterocycles. The van der Waals surface area contributed by atoms with Crippen LogP contribution in [-0.2, 0) is 13.5 Å². The van der Waals surface area contributed by atoms with Crippen LogP contribution in [0.15, 0.2) is 42.6 Å². The number of unbranched alkanes of at least 4 members (excludes halogenated alkanes) is 1. The first-order valence-electron chi connectivity index (χ1n) is 6.77. The predicted octanol–water partition coefficient (Wildman–Crippen LogP) is 3.83. The zero-order valence-electron chi connectivity index (χ0n) is 11.6. The number of pyridine rings is 1. The Morgan fingerprint density at radius 3 is 2.67 bits per heavy atom. The van der Waals surface area contributed by atoms with Crippen molar-refractivity contribution in [2.75, 3.05) is 0 Å². The van der Waals surface area contributed by atoms with Gasteiger partial charge in [-0.3, -0.25) is 0 Å². The van der Waals surface area contributed by atoms with Gasteiger partial charge in [0.05, 0.1) is 0 Å². The lowest BCUT2D eigenvalue weighted by atomic mass is 9.99. The number of hydrogen-bond acceptors (Lipinski definition) is 0. The summed E-state index contributed by atoms with van der Waals surface area (Å²) in [4.78, 5) is 0. The minimum absolute atomic E-state index is 1.18. The van der Waals surface area contributed by atoms with Crippen LogP contribution in [0.25, 0.3) is 11.3 Å². The molecule has 0 aliphatic carbocycles. The highest BCUT2D eigenvalue weighted by molar-refractivity contribution is 5.61. The highest BCUT2D eigenvalue weighted by atomic mass is 14.9. The SMILES string of the molecule is CCCCc1ccc(C)c(-c2cccc[n+]2C)c1. The minimum atomic E-state index is 1.18. The summed E-state index contributed by atoms with van der Waals surface area (Å²) in [7, 11) is 2.10. The van der Waals surface area contributed by atoms with Crippen LogP contribution in [0.3, 0.4) is 0 Å². The van der Waals surface area contributed by atoms with Gasteiger partial charge in [-0.25, -0.2) is 4.57 Å². The maximum Gasteiger partial charge on any atom is 0.212 e. The van der Waals surface area contributed by atoms with Crippen molar-refractivity contribution < 1.29 is 4.57 Å². The molecule has 0 amide bonds. The largest absolute Gasteiger partial charge is 0.212 e. The van der Waals surface area contributed by atoms with Gasteiger partial charge >= 0.3 is 0 Å². The van der Waals surface area contributed by atoms with Gasteiger partial charge in [-0.2, -0.15) is 0 Å². The number of rotatable bonds is 4. The molecule has 2 rings (SSSR count). The number of hydrogen-bond donors (Lipinski definition) is 0. The predicted molar refractivity (Wildman–Crippen MR) is 76.4 cm³/mol. The zero-order chi connectivity index (χ0) is 13.0. The first-order valence-corrected chi connectivity index (χ1v) is 6.77. The molecular weight excluding hydrogens is 218 g/mol. The Labute approximate surface area is 110 Å². The Morgan fingerprint density at radius 1 is 1.11 bits per heavy atom. The van der Waals surface area contributed by atoms with Crippen molar-refractivity contribution in [1.29, 1.82) is 0 Å². The molecule has 0 saturated carbocycles. The van der Waals surface area contributed by atoms with Gasteiger partial charge in [0.15, 0.2) is 6.20 Å². The van der Waals surface area contributed by atoms with Crippen molar-refractivity contribution >= 4 is 0 Å². The fraction of sp³-hybridized carbons (Fsp3) is 0.353. The summed E-state index contributed by atoms with van der Waals surface area (Å²) in [5.41, 5.74) is 5.43. The van der Waals surface area contributed by atoms with Crippen LogP contribution in [0.2, 0.25) is 0 Å². The first-order chi connectivity index (χ1) is 8.72. The molecule has 1 heteroatoms. The zero-order valence-corrected chi connectivity index (χ0v) is 11.6. The van der Waals surface area contributed by atoms with Crippen LogP contribution in [-0.4, -0.2) is 0 Å². The Hall–Kier alpha value is -1.63. The molecule has 94 valence electrons. The van der Waals surface area contributed by atoms with E-state index in [0.29, 0.717) is 0 Å². The molecule has 0 spiro atoms. The van der Waals surface area contributed by atoms with Crippen molar-refractivity contribution in [3.8, 4) is 11.3 Å². The van der Waals surface area contributed by atoms with Gasteiger partial charge in [-0.15, -0.1) is 0 Å². The normalized spacial score (nSPS) is 10.6. The average Bonchev–Trinajstić information content (AvgIpc) is 2.39. The fourth-order valence-electron chi connectivity index (χ4n) is 2.28. The highest BCUT2D eigenvalue weighted by Gasteiger charge is 2.11. The number of benzene rings is 1. The molecule has 18 heavy (non-hydrogen) atoms. The summed E-state index contributed by atoms with van der Waals surface area (Å²) in [5.74, 6) is 0. The molecule has 0 fully saturated rings. The van der Waals surface area contributed by atoms with E-state index < -0.39 is 0 Å². The van der Waals surface area contributed by atoms with Gasteiger partial charge in [-0.1, -0.05) is 25.5 Å². The van der Waals surface area contributed by atoms with E-state index in [2.05, 4.69) is 68.1 Å². The molecular formula is C17H22N+. The Morgan fingerprint density at radius 2 is 1.94 bits per heavy atom. The molecule has 0 radical (unpaired) electrons. The molecule has 1 aromatic carbocycles. The van der Waals surface area contributed by atoms with Gasteiger partial charge in [0.1, 0.15) is 7.05 Å². The first kappa shape index (κ1) is 12.8. The summed E-state index contributed by atoms with van der Waals surface area (Å²) < 4.78 is 2.19. The van der Waals surface area contributed by atoms with Crippen LogP contribution in [0.4, 0.5) is 0 Å². The molecule has 0 unspecified atom stereocenters. The third-order valence-electron chi connectivity index (χ3n) is 3.45. The van der Waals surface area contributed by atoms with Crippen LogP contribution >= 0.6 is 0 Å². The Kier molecular flexibility index (Phi) is 4.14. The van der Waals surface area contributed by atoms with Gasteiger partial charge < -0.3 is 0 Å². The number of aryl methyl sites for hydroxylation is 3. The molecule has 0 N–H and O–H groups in total. The van der Waals surface area contributed by atoms with Crippen LogP contribution in [0.1, 0.15) is 30.9 Å². The maximum atomic E-state index is 2.35. The summed E-state index contributed by atoms with van der Waals surface area (Å²) in [6.07, 6.45) is 5.81. The topological polar surface area (TPSA) is 3.88 Å². The van der Waals surface area contributed by atoms with E-state index in [-0.39, 0.29) is 0 Å². The van der Waals surface area contributed by atoms with E-state index in [9.17, 15) is 0 Å². The monoisotopic (exact) mass is 240 g/mol. The standard InChI is InChI=1S/C17H22N/c1-4-5-8-15-11-10-14(2)16(13-15)17-9-6-7-12-18(17)3/h6-7,9-13H,4-5,8H2,1-3H3/q+1. The lowest BCUT2D eigenvalue weighted by Gasteiger charge is -2.07. The van der Waals surface area contributed by atoms with Crippen molar-refractivity contribution in [2.45, 2.75) is 33.1 Å². The molecule has 2 aromatic rings. The molecule has 1 aromatic heterocycles. The molecule has 0 bridgehead atoms. The van der Waals surface area contributed by atoms with Crippen molar-refractivity contribution in [1.82, 2.24) is 0 Å². The Bertz CT molecular complexity index is 529. The van der Waals surface area contributed by atoms with Gasteiger partial charge in [0.2, 0.25) is 5.69 Å². The second-order valence-corrected chi connectivity index (χ2v) is 4.95. The summed E-state index contributed by atoms with van der Waals surface area (Å²) in [6, 6.07) is 13.2. The van der Waals surface area contributed by atoms with Crippen LogP contribution in [0.5, 0.6) is 0 Å². The van der Waals surface area contributed by atoms with E-state index in [1.54, 1.807) is 0 Å². The molecule has 0 aliphatic rings. The fourth-order valence-corrected chi connectivity index (χ4v) is 2.28. The van der Waals surface area contributed by atoms with E-state index in [0.717, 1.165) is 0 Å². The quantitative estimate of drug-likeness (QED) is 0.715. The van der Waals surface area contributed by atoms with E-state index in [4.69, 9.17) is 0 Å². The summed E-state index contributed by atoms with van der Waals surface area (Å²) in [5, 5.41) is 0. The maximum absolute atomic E-state index is 2.35. The average molecular weight is 240 g/mol. The summed E-state index contributed by atoms with van der Waals surface area (Å²) >= 11 is 0. The third-order valence-corrected chi connectivity index (χ3v) is 3.45. The van der Waals surface area contributed by atoms with E-state index >= 15 is 0 Å². The van der Waals surface area contributed by atoms with E-state index in [1.807, 2.05) is 0 Å².